The maximum Gasteiger partial charge on any atom is 0.133 e. The van der Waals surface area contributed by atoms with Crippen molar-refractivity contribution in [1.82, 2.24) is 4.98 Å². The lowest BCUT2D eigenvalue weighted by Gasteiger charge is -2.47. The Labute approximate surface area is 142 Å². The fourth-order valence-electron chi connectivity index (χ4n) is 4.65. The van der Waals surface area contributed by atoms with E-state index >= 15 is 0 Å². The highest BCUT2D eigenvalue weighted by atomic mass is 16.5. The summed E-state index contributed by atoms with van der Waals surface area (Å²) < 4.78 is 5.36. The summed E-state index contributed by atoms with van der Waals surface area (Å²) in [4.78, 5) is 5.86. The third-order valence-corrected chi connectivity index (χ3v) is 6.02. The first kappa shape index (κ1) is 15.6. The van der Waals surface area contributed by atoms with Crippen LogP contribution in [0.5, 0.6) is 5.75 Å². The molecule has 3 aliphatic heterocycles. The zero-order valence-electron chi connectivity index (χ0n) is 14.1. The molecule has 0 radical (unpaired) electrons. The van der Waals surface area contributed by atoms with Gasteiger partial charge in [0.25, 0.3) is 0 Å². The smallest absolute Gasteiger partial charge is 0.133 e. The van der Waals surface area contributed by atoms with Gasteiger partial charge in [-0.2, -0.15) is 0 Å². The van der Waals surface area contributed by atoms with Crippen LogP contribution in [0, 0.1) is 11.8 Å². The maximum absolute atomic E-state index is 11.2. The molecule has 5 atom stereocenters. The third-order valence-electron chi connectivity index (χ3n) is 6.02. The summed E-state index contributed by atoms with van der Waals surface area (Å²) in [6.07, 6.45) is 7.59. The second kappa shape index (κ2) is 6.19. The number of aromatic nitrogens is 1. The number of nitrogens with zero attached hydrogens (tertiary/aromatic N) is 1. The van der Waals surface area contributed by atoms with Crippen LogP contribution in [0.25, 0.3) is 10.8 Å². The van der Waals surface area contributed by atoms with Gasteiger partial charge in [-0.1, -0.05) is 6.08 Å². The van der Waals surface area contributed by atoms with Gasteiger partial charge in [0.2, 0.25) is 0 Å². The molecule has 4 heterocycles. The Balaban J connectivity index is 1.69. The second-order valence-corrected chi connectivity index (χ2v) is 7.16. The van der Waals surface area contributed by atoms with Crippen LogP contribution in [0.1, 0.15) is 24.5 Å². The van der Waals surface area contributed by atoms with Crippen molar-refractivity contribution in [3.8, 4) is 5.75 Å². The molecule has 1 unspecified atom stereocenters. The van der Waals surface area contributed by atoms with Gasteiger partial charge in [-0.15, -0.1) is 6.58 Å². The molecule has 0 amide bonds. The van der Waals surface area contributed by atoms with Gasteiger partial charge < -0.3 is 14.7 Å². The van der Waals surface area contributed by atoms with Gasteiger partial charge in [0.05, 0.1) is 20.2 Å². The van der Waals surface area contributed by atoms with E-state index in [4.69, 9.17) is 4.74 Å². The van der Waals surface area contributed by atoms with Gasteiger partial charge in [-0.25, -0.2) is 0 Å². The Morgan fingerprint density at radius 3 is 3.00 bits per heavy atom. The molecule has 2 bridgehead atoms. The van der Waals surface area contributed by atoms with Gasteiger partial charge in [-0.05, 0) is 29.5 Å². The summed E-state index contributed by atoms with van der Waals surface area (Å²) in [6, 6.07) is 6.20. The molecule has 0 aliphatic carbocycles. The summed E-state index contributed by atoms with van der Waals surface area (Å²) in [5, 5.41) is 13.2. The molecule has 5 rings (SSSR count). The standard InChI is InChI=1S/C20H24N2O2/c1-3-13-12-22-7-6-14(13)8-19(22)20(23)18-11-21-10-15-4-5-16(24-2)9-17(15)18/h3-5,9-11,13-14,19-20,23H,1,6-8,12H2,2H3/p+1/t13-,14-,19-,20+/m0/s1. The van der Waals surface area contributed by atoms with Crippen molar-refractivity contribution in [3.63, 3.8) is 0 Å². The summed E-state index contributed by atoms with van der Waals surface area (Å²) in [5.41, 5.74) is 0.923. The molecule has 3 aliphatic rings. The minimum atomic E-state index is -0.489. The van der Waals surface area contributed by atoms with Gasteiger partial charge in [0.15, 0.2) is 0 Å². The van der Waals surface area contributed by atoms with Crippen molar-refractivity contribution in [2.24, 2.45) is 11.8 Å². The number of rotatable bonds is 4. The normalized spacial score (nSPS) is 30.2. The minimum Gasteiger partial charge on any atom is -0.497 e. The van der Waals surface area contributed by atoms with E-state index in [9.17, 15) is 5.11 Å². The van der Waals surface area contributed by atoms with E-state index in [1.807, 2.05) is 30.6 Å². The molecule has 3 fully saturated rings. The Kier molecular flexibility index (Phi) is 4.02. The van der Waals surface area contributed by atoms with Crippen molar-refractivity contribution in [2.75, 3.05) is 20.2 Å². The van der Waals surface area contributed by atoms with Crippen molar-refractivity contribution < 1.29 is 14.7 Å². The van der Waals surface area contributed by atoms with E-state index in [1.165, 1.54) is 11.3 Å². The fourth-order valence-corrected chi connectivity index (χ4v) is 4.65. The molecule has 126 valence electrons. The summed E-state index contributed by atoms with van der Waals surface area (Å²) in [7, 11) is 1.67. The van der Waals surface area contributed by atoms with Crippen molar-refractivity contribution >= 4 is 10.8 Å². The van der Waals surface area contributed by atoms with Crippen LogP contribution < -0.4 is 9.64 Å². The summed E-state index contributed by atoms with van der Waals surface area (Å²) in [5.74, 6) is 2.08. The number of piperidine rings is 3. The molecular formula is C20H25N2O2+. The van der Waals surface area contributed by atoms with Crippen LogP contribution in [-0.2, 0) is 0 Å². The lowest BCUT2D eigenvalue weighted by Crippen LogP contribution is -3.20. The number of nitrogens with one attached hydrogen (secondary N) is 1. The number of aliphatic hydroxyl groups is 1. The number of hydrogen-bond acceptors (Lipinski definition) is 3. The molecule has 24 heavy (non-hydrogen) atoms. The van der Waals surface area contributed by atoms with Crippen LogP contribution in [0.2, 0.25) is 0 Å². The topological polar surface area (TPSA) is 46.8 Å². The monoisotopic (exact) mass is 325 g/mol. The van der Waals surface area contributed by atoms with Crippen LogP contribution >= 0.6 is 0 Å². The molecule has 4 heteroatoms. The summed E-state index contributed by atoms with van der Waals surface area (Å²) in [6.45, 7) is 6.24. The molecule has 1 aromatic carbocycles. The van der Waals surface area contributed by atoms with Crippen molar-refractivity contribution in [2.45, 2.75) is 25.0 Å². The van der Waals surface area contributed by atoms with Crippen LogP contribution in [0.15, 0.2) is 43.2 Å². The number of methoxy groups -OCH3 is 1. The average Bonchev–Trinajstić information content (AvgIpc) is 2.66. The van der Waals surface area contributed by atoms with E-state index in [-0.39, 0.29) is 6.04 Å². The molecule has 1 aromatic heterocycles. The Hall–Kier alpha value is -1.91. The number of pyridine rings is 1. The number of quaternary nitrogens is 1. The van der Waals surface area contributed by atoms with Gasteiger partial charge in [0, 0.05) is 42.1 Å². The van der Waals surface area contributed by atoms with E-state index in [0.717, 1.165) is 41.6 Å². The highest BCUT2D eigenvalue weighted by molar-refractivity contribution is 5.86. The average molecular weight is 325 g/mol. The van der Waals surface area contributed by atoms with Gasteiger partial charge in [0.1, 0.15) is 17.9 Å². The zero-order chi connectivity index (χ0) is 16.7. The lowest BCUT2D eigenvalue weighted by molar-refractivity contribution is -0.949. The molecule has 4 nitrogen and oxygen atoms in total. The fraction of sp³-hybridized carbons (Fsp3) is 0.450. The van der Waals surface area contributed by atoms with Crippen LogP contribution in [0.3, 0.4) is 0 Å². The predicted molar refractivity (Wildman–Crippen MR) is 94.2 cm³/mol. The lowest BCUT2D eigenvalue weighted by atomic mass is 9.73. The highest BCUT2D eigenvalue weighted by Crippen LogP contribution is 2.34. The van der Waals surface area contributed by atoms with Crippen molar-refractivity contribution in [3.05, 3.63) is 48.8 Å². The number of fused-ring (bicyclic) bond motifs is 4. The number of aliphatic hydroxyl groups excluding tert-OH is 1. The molecule has 2 N–H and O–H groups in total. The first-order valence-corrected chi connectivity index (χ1v) is 8.78. The molecule has 3 saturated heterocycles. The van der Waals surface area contributed by atoms with E-state index in [1.54, 1.807) is 7.11 Å². The number of benzene rings is 1. The largest absolute Gasteiger partial charge is 0.497 e. The second-order valence-electron chi connectivity index (χ2n) is 7.16. The Morgan fingerprint density at radius 2 is 2.29 bits per heavy atom. The predicted octanol–water partition coefficient (Wildman–Crippen LogP) is 1.76. The van der Waals surface area contributed by atoms with Gasteiger partial charge in [-0.3, -0.25) is 4.98 Å². The third kappa shape index (κ3) is 2.50. The van der Waals surface area contributed by atoms with E-state index < -0.39 is 6.10 Å². The summed E-state index contributed by atoms with van der Waals surface area (Å²) >= 11 is 0. The number of ether oxygens (including phenoxy) is 1. The first-order chi connectivity index (χ1) is 11.7. The van der Waals surface area contributed by atoms with Crippen molar-refractivity contribution in [1.29, 1.82) is 0 Å². The minimum absolute atomic E-state index is 0.249. The maximum atomic E-state index is 11.2. The molecule has 0 saturated carbocycles. The molecule has 0 spiro atoms. The Morgan fingerprint density at radius 1 is 1.42 bits per heavy atom. The van der Waals surface area contributed by atoms with E-state index in [0.29, 0.717) is 11.8 Å². The number of hydrogen-bond donors (Lipinski definition) is 2. The van der Waals surface area contributed by atoms with Crippen LogP contribution in [0.4, 0.5) is 0 Å². The first-order valence-electron chi connectivity index (χ1n) is 8.78. The molecular weight excluding hydrogens is 300 g/mol. The zero-order valence-corrected chi connectivity index (χ0v) is 14.1. The van der Waals surface area contributed by atoms with Gasteiger partial charge >= 0.3 is 0 Å². The molecule has 2 aromatic rings. The quantitative estimate of drug-likeness (QED) is 0.842. The van der Waals surface area contributed by atoms with E-state index in [2.05, 4.69) is 17.6 Å². The Bertz CT molecular complexity index is 760. The van der Waals surface area contributed by atoms with Crippen LogP contribution in [-0.4, -0.2) is 36.3 Å². The SMILES string of the molecule is C=C[C@H]1C[NH+]2CC[C@H]1C[C@H]2[C@H](O)c1cncc2ccc(OC)cc12. The highest BCUT2D eigenvalue weighted by Gasteiger charge is 2.45.